The van der Waals surface area contributed by atoms with Crippen molar-refractivity contribution in [3.8, 4) is 0 Å². The van der Waals surface area contributed by atoms with Gasteiger partial charge in [-0.3, -0.25) is 9.69 Å². The Labute approximate surface area is 116 Å². The number of fused-ring (bicyclic) bond motifs is 1. The minimum atomic E-state index is -1.24. The molecule has 2 aliphatic heterocycles. The van der Waals surface area contributed by atoms with E-state index in [0.29, 0.717) is 11.8 Å². The highest BCUT2D eigenvalue weighted by Gasteiger charge is 2.44. The van der Waals surface area contributed by atoms with Gasteiger partial charge < -0.3 is 15.7 Å². The molecule has 3 N–H and O–H groups in total. The largest absolute Gasteiger partial charge is 0.465 e. The second kappa shape index (κ2) is 5.20. The summed E-state index contributed by atoms with van der Waals surface area (Å²) in [7, 11) is 0. The molecule has 0 radical (unpaired) electrons. The summed E-state index contributed by atoms with van der Waals surface area (Å²) in [5, 5.41) is 15.3. The fourth-order valence-electron chi connectivity index (χ4n) is 3.85. The topological polar surface area (TPSA) is 81.7 Å². The van der Waals surface area contributed by atoms with Gasteiger partial charge >= 0.3 is 6.09 Å². The summed E-state index contributed by atoms with van der Waals surface area (Å²) in [6.45, 7) is 1.69. The van der Waals surface area contributed by atoms with E-state index >= 15 is 0 Å². The Morgan fingerprint density at radius 2 is 2.10 bits per heavy atom. The molecule has 6 nitrogen and oxygen atoms in total. The predicted octanol–water partition coefficient (Wildman–Crippen LogP) is 0.191. The highest BCUT2D eigenvalue weighted by atomic mass is 19.1. The number of hydrogen-bond donors (Lipinski definition) is 3. The van der Waals surface area contributed by atoms with E-state index in [4.69, 9.17) is 5.11 Å². The van der Waals surface area contributed by atoms with Gasteiger partial charge in [-0.2, -0.15) is 0 Å². The molecule has 20 heavy (non-hydrogen) atoms. The van der Waals surface area contributed by atoms with Crippen LogP contribution in [0.4, 0.5) is 9.18 Å². The summed E-state index contributed by atoms with van der Waals surface area (Å²) >= 11 is 0. The first-order chi connectivity index (χ1) is 9.56. The molecule has 0 aromatic rings. The van der Waals surface area contributed by atoms with E-state index in [1.54, 1.807) is 0 Å². The summed E-state index contributed by atoms with van der Waals surface area (Å²) in [5.41, 5.74) is 0. The molecule has 112 valence electrons. The van der Waals surface area contributed by atoms with E-state index in [9.17, 15) is 14.0 Å². The Kier molecular flexibility index (Phi) is 3.54. The van der Waals surface area contributed by atoms with Gasteiger partial charge in [0.25, 0.3) is 0 Å². The standard InChI is InChI=1S/C13H20FN3O3/c14-8-3-11(17(6-8)13(19)20)12(18)16-10-2-1-7-4-15-5-9(7)10/h7-11,15H,1-6H2,(H,16,18)(H,19,20)/t7?,8?,9-,10?,11?/m0/s1. The lowest BCUT2D eigenvalue weighted by atomic mass is 9.97. The van der Waals surface area contributed by atoms with E-state index in [1.807, 2.05) is 0 Å². The molecule has 0 aromatic carbocycles. The van der Waals surface area contributed by atoms with Gasteiger partial charge in [-0.05, 0) is 31.2 Å². The normalized spacial score (nSPS) is 39.9. The monoisotopic (exact) mass is 285 g/mol. The van der Waals surface area contributed by atoms with Crippen molar-refractivity contribution in [3.63, 3.8) is 0 Å². The fourth-order valence-corrected chi connectivity index (χ4v) is 3.85. The molecule has 2 saturated heterocycles. The molecule has 4 unspecified atom stereocenters. The lowest BCUT2D eigenvalue weighted by molar-refractivity contribution is -0.126. The second-order valence-electron chi connectivity index (χ2n) is 6.06. The van der Waals surface area contributed by atoms with Crippen LogP contribution in [0, 0.1) is 11.8 Å². The Morgan fingerprint density at radius 3 is 2.85 bits per heavy atom. The van der Waals surface area contributed by atoms with Crippen molar-refractivity contribution in [1.29, 1.82) is 0 Å². The number of carbonyl (C=O) groups excluding carboxylic acids is 1. The summed E-state index contributed by atoms with van der Waals surface area (Å²) < 4.78 is 13.4. The maximum atomic E-state index is 13.4. The number of amides is 2. The van der Waals surface area contributed by atoms with Crippen LogP contribution in [0.15, 0.2) is 0 Å². The van der Waals surface area contributed by atoms with Crippen LogP contribution >= 0.6 is 0 Å². The van der Waals surface area contributed by atoms with Crippen LogP contribution in [0.1, 0.15) is 19.3 Å². The van der Waals surface area contributed by atoms with Crippen LogP contribution in [-0.4, -0.2) is 59.9 Å². The van der Waals surface area contributed by atoms with E-state index < -0.39 is 18.3 Å². The first-order valence-electron chi connectivity index (χ1n) is 7.21. The van der Waals surface area contributed by atoms with Crippen LogP contribution in [0.3, 0.4) is 0 Å². The smallest absolute Gasteiger partial charge is 0.408 e. The number of carbonyl (C=O) groups is 2. The third kappa shape index (κ3) is 2.34. The van der Waals surface area contributed by atoms with E-state index in [1.165, 1.54) is 0 Å². The quantitative estimate of drug-likeness (QED) is 0.676. The molecular formula is C13H20FN3O3. The Bertz CT molecular complexity index is 420. The predicted molar refractivity (Wildman–Crippen MR) is 69.0 cm³/mol. The van der Waals surface area contributed by atoms with Gasteiger partial charge in [0.1, 0.15) is 12.2 Å². The number of likely N-dealkylation sites (tertiary alicyclic amines) is 1. The number of rotatable bonds is 2. The van der Waals surface area contributed by atoms with Gasteiger partial charge in [-0.1, -0.05) is 0 Å². The lowest BCUT2D eigenvalue weighted by Crippen LogP contribution is -2.49. The summed E-state index contributed by atoms with van der Waals surface area (Å²) in [5.74, 6) is 0.693. The minimum absolute atomic E-state index is 0.0306. The number of carboxylic acid groups (broad SMARTS) is 1. The van der Waals surface area contributed by atoms with E-state index in [-0.39, 0.29) is 24.9 Å². The molecule has 3 aliphatic rings. The molecular weight excluding hydrogens is 265 g/mol. The lowest BCUT2D eigenvalue weighted by Gasteiger charge is -2.25. The zero-order chi connectivity index (χ0) is 14.3. The second-order valence-corrected chi connectivity index (χ2v) is 6.06. The average molecular weight is 285 g/mol. The van der Waals surface area contributed by atoms with Crippen LogP contribution in [-0.2, 0) is 4.79 Å². The number of halogens is 1. The van der Waals surface area contributed by atoms with Gasteiger partial charge in [0.05, 0.1) is 6.54 Å². The van der Waals surface area contributed by atoms with E-state index in [0.717, 1.165) is 30.8 Å². The van der Waals surface area contributed by atoms with Crippen LogP contribution in [0.25, 0.3) is 0 Å². The molecule has 1 saturated carbocycles. The molecule has 2 amide bonds. The van der Waals surface area contributed by atoms with E-state index in [2.05, 4.69) is 10.6 Å². The maximum Gasteiger partial charge on any atom is 0.408 e. The first-order valence-corrected chi connectivity index (χ1v) is 7.21. The molecule has 0 spiro atoms. The van der Waals surface area contributed by atoms with Crippen molar-refractivity contribution < 1.29 is 19.1 Å². The third-order valence-corrected chi connectivity index (χ3v) is 4.88. The van der Waals surface area contributed by atoms with Crippen molar-refractivity contribution in [2.75, 3.05) is 19.6 Å². The summed E-state index contributed by atoms with van der Waals surface area (Å²) in [6, 6.07) is -0.785. The van der Waals surface area contributed by atoms with Gasteiger partial charge in [-0.25, -0.2) is 9.18 Å². The molecule has 2 heterocycles. The number of hydrogen-bond acceptors (Lipinski definition) is 3. The highest BCUT2D eigenvalue weighted by molar-refractivity contribution is 5.86. The highest BCUT2D eigenvalue weighted by Crippen LogP contribution is 2.34. The number of alkyl halides is 1. The SMILES string of the molecule is O=C(NC1CCC2CNC[C@@H]21)C1CC(F)CN1C(=O)O. The van der Waals surface area contributed by atoms with Crippen LogP contribution < -0.4 is 10.6 Å². The average Bonchev–Trinajstić information content (AvgIpc) is 3.05. The molecule has 5 atom stereocenters. The summed E-state index contributed by atoms with van der Waals surface area (Å²) in [4.78, 5) is 24.2. The van der Waals surface area contributed by atoms with Gasteiger partial charge in [-0.15, -0.1) is 0 Å². The molecule has 3 rings (SSSR count). The van der Waals surface area contributed by atoms with Crippen molar-refractivity contribution >= 4 is 12.0 Å². The zero-order valence-corrected chi connectivity index (χ0v) is 11.2. The Balaban J connectivity index is 1.62. The van der Waals surface area contributed by atoms with Crippen molar-refractivity contribution in [2.24, 2.45) is 11.8 Å². The minimum Gasteiger partial charge on any atom is -0.465 e. The fraction of sp³-hybridized carbons (Fsp3) is 0.846. The first kappa shape index (κ1) is 13.6. The van der Waals surface area contributed by atoms with Crippen molar-refractivity contribution in [3.05, 3.63) is 0 Å². The van der Waals surface area contributed by atoms with Gasteiger partial charge in [0, 0.05) is 19.0 Å². The molecule has 7 heteroatoms. The number of nitrogens with zero attached hydrogens (tertiary/aromatic N) is 1. The molecule has 1 aliphatic carbocycles. The van der Waals surface area contributed by atoms with Crippen LogP contribution in [0.5, 0.6) is 0 Å². The van der Waals surface area contributed by atoms with Gasteiger partial charge in [0.15, 0.2) is 0 Å². The van der Waals surface area contributed by atoms with Crippen molar-refractivity contribution in [1.82, 2.24) is 15.5 Å². The van der Waals surface area contributed by atoms with Crippen LogP contribution in [0.2, 0.25) is 0 Å². The molecule has 3 fully saturated rings. The zero-order valence-electron chi connectivity index (χ0n) is 11.2. The summed E-state index contributed by atoms with van der Waals surface area (Å²) in [6.07, 6.45) is -0.482. The third-order valence-electron chi connectivity index (χ3n) is 4.88. The van der Waals surface area contributed by atoms with Gasteiger partial charge in [0.2, 0.25) is 5.91 Å². The Morgan fingerprint density at radius 1 is 1.30 bits per heavy atom. The molecule has 0 aromatic heterocycles. The number of nitrogens with one attached hydrogen (secondary N) is 2. The maximum absolute atomic E-state index is 13.4. The van der Waals surface area contributed by atoms with Crippen molar-refractivity contribution in [2.45, 2.75) is 37.5 Å². The Hall–Kier alpha value is -1.37. The molecule has 0 bridgehead atoms.